The van der Waals surface area contributed by atoms with Gasteiger partial charge in [0.1, 0.15) is 0 Å². The van der Waals surface area contributed by atoms with Gasteiger partial charge in [0.05, 0.1) is 0 Å². The fourth-order valence-corrected chi connectivity index (χ4v) is 1.28. The van der Waals surface area contributed by atoms with Crippen molar-refractivity contribution in [1.82, 2.24) is 0 Å². The minimum absolute atomic E-state index is 1.18. The molecule has 0 aliphatic rings. The molecule has 0 fully saturated rings. The first kappa shape index (κ1) is 8.44. The number of thioether (sulfide) groups is 2. The fourth-order valence-electron chi connectivity index (χ4n) is 0.271. The monoisotopic (exact) mass is 148 g/mol. The molecule has 0 radical (unpaired) electrons. The fraction of sp³-hybridized carbons (Fsp3) is 0.667. The SMILES string of the molecule is CCS/C=C\SCC. The average molecular weight is 148 g/mol. The first-order chi connectivity index (χ1) is 3.91. The molecular formula is C6H12S2. The van der Waals surface area contributed by atoms with Crippen LogP contribution in [-0.2, 0) is 0 Å². The Morgan fingerprint density at radius 1 is 1.00 bits per heavy atom. The Morgan fingerprint density at radius 3 is 1.62 bits per heavy atom. The molecule has 0 rings (SSSR count). The Hall–Kier alpha value is 0.440. The second kappa shape index (κ2) is 7.44. The van der Waals surface area contributed by atoms with Gasteiger partial charge in [-0.2, -0.15) is 0 Å². The van der Waals surface area contributed by atoms with Crippen LogP contribution in [0.2, 0.25) is 0 Å². The highest BCUT2D eigenvalue weighted by Gasteiger charge is 1.72. The maximum Gasteiger partial charge on any atom is -0.00543 e. The zero-order chi connectivity index (χ0) is 6.24. The minimum Gasteiger partial charge on any atom is -0.134 e. The van der Waals surface area contributed by atoms with Crippen LogP contribution < -0.4 is 0 Å². The Balaban J connectivity index is 2.83. The molecule has 0 heterocycles. The van der Waals surface area contributed by atoms with Crippen molar-refractivity contribution in [3.63, 3.8) is 0 Å². The van der Waals surface area contributed by atoms with Crippen molar-refractivity contribution in [2.24, 2.45) is 0 Å². The standard InChI is InChI=1S/C6H12S2/c1-3-7-5-6-8-4-2/h5-6H,3-4H2,1-2H3/b6-5-. The van der Waals surface area contributed by atoms with Crippen LogP contribution >= 0.6 is 23.5 Å². The van der Waals surface area contributed by atoms with Crippen LogP contribution in [0.1, 0.15) is 13.8 Å². The molecule has 0 aliphatic carbocycles. The summed E-state index contributed by atoms with van der Waals surface area (Å²) in [6.07, 6.45) is 0. The summed E-state index contributed by atoms with van der Waals surface area (Å²) in [4.78, 5) is 0. The van der Waals surface area contributed by atoms with Gasteiger partial charge in [-0.15, -0.1) is 23.5 Å². The first-order valence-electron chi connectivity index (χ1n) is 2.80. The van der Waals surface area contributed by atoms with Crippen molar-refractivity contribution in [2.75, 3.05) is 11.5 Å². The predicted octanol–water partition coefficient (Wildman–Crippen LogP) is 2.96. The molecule has 0 aromatic rings. The van der Waals surface area contributed by atoms with Crippen molar-refractivity contribution in [1.29, 1.82) is 0 Å². The maximum atomic E-state index is 2.16. The molecule has 0 nitrogen and oxygen atoms in total. The lowest BCUT2D eigenvalue weighted by Crippen LogP contribution is -1.58. The molecule has 0 aliphatic heterocycles. The summed E-state index contributed by atoms with van der Waals surface area (Å²) in [6.45, 7) is 4.32. The molecule has 8 heavy (non-hydrogen) atoms. The molecular weight excluding hydrogens is 136 g/mol. The highest BCUT2D eigenvalue weighted by atomic mass is 32.2. The second-order valence-corrected chi connectivity index (χ2v) is 3.55. The van der Waals surface area contributed by atoms with Crippen molar-refractivity contribution < 1.29 is 0 Å². The lowest BCUT2D eigenvalue weighted by molar-refractivity contribution is 1.53. The third-order valence-electron chi connectivity index (χ3n) is 0.581. The normalized spacial score (nSPS) is 10.8. The zero-order valence-corrected chi connectivity index (χ0v) is 7.02. The van der Waals surface area contributed by atoms with E-state index in [9.17, 15) is 0 Å². The van der Waals surface area contributed by atoms with Gasteiger partial charge >= 0.3 is 0 Å². The van der Waals surface area contributed by atoms with Crippen LogP contribution in [0.25, 0.3) is 0 Å². The third-order valence-corrected chi connectivity index (χ3v) is 2.08. The van der Waals surface area contributed by atoms with Crippen molar-refractivity contribution >= 4 is 23.5 Å². The van der Waals surface area contributed by atoms with E-state index in [2.05, 4.69) is 24.7 Å². The maximum absolute atomic E-state index is 2.16. The van der Waals surface area contributed by atoms with E-state index in [1.807, 2.05) is 23.5 Å². The van der Waals surface area contributed by atoms with Gasteiger partial charge in [0.2, 0.25) is 0 Å². The largest absolute Gasteiger partial charge is 0.134 e. The van der Waals surface area contributed by atoms with Gasteiger partial charge in [0.25, 0.3) is 0 Å². The molecule has 0 atom stereocenters. The molecule has 2 heteroatoms. The number of hydrogen-bond donors (Lipinski definition) is 0. The van der Waals surface area contributed by atoms with E-state index in [1.54, 1.807) is 0 Å². The molecule has 48 valence electrons. The molecule has 0 amide bonds. The summed E-state index contributed by atoms with van der Waals surface area (Å²) in [7, 11) is 0. The van der Waals surface area contributed by atoms with Crippen LogP contribution in [0, 0.1) is 0 Å². The Labute approximate surface area is 60.1 Å². The van der Waals surface area contributed by atoms with Gasteiger partial charge in [-0.1, -0.05) is 13.8 Å². The summed E-state index contributed by atoms with van der Waals surface area (Å²) in [5, 5.41) is 4.29. The highest BCUT2D eigenvalue weighted by molar-refractivity contribution is 8.05. The highest BCUT2D eigenvalue weighted by Crippen LogP contribution is 2.06. The van der Waals surface area contributed by atoms with Crippen LogP contribution in [0.5, 0.6) is 0 Å². The molecule has 0 N–H and O–H groups in total. The summed E-state index contributed by atoms with van der Waals surface area (Å²) in [5.41, 5.74) is 0. The molecule has 0 aromatic heterocycles. The number of hydrogen-bond acceptors (Lipinski definition) is 2. The van der Waals surface area contributed by atoms with Gasteiger partial charge in [-0.3, -0.25) is 0 Å². The lowest BCUT2D eigenvalue weighted by atomic mass is 11.0. The van der Waals surface area contributed by atoms with E-state index in [0.717, 1.165) is 0 Å². The summed E-state index contributed by atoms with van der Waals surface area (Å²) >= 11 is 3.69. The van der Waals surface area contributed by atoms with Crippen LogP contribution in [0.15, 0.2) is 10.8 Å². The van der Waals surface area contributed by atoms with Crippen molar-refractivity contribution in [3.8, 4) is 0 Å². The van der Waals surface area contributed by atoms with Gasteiger partial charge in [-0.05, 0) is 22.3 Å². The lowest BCUT2D eigenvalue weighted by Gasteiger charge is -1.83. The minimum atomic E-state index is 1.18. The molecule has 0 spiro atoms. The Kier molecular flexibility index (Phi) is 7.85. The quantitative estimate of drug-likeness (QED) is 0.601. The first-order valence-corrected chi connectivity index (χ1v) is 4.89. The van der Waals surface area contributed by atoms with Gasteiger partial charge in [0.15, 0.2) is 0 Å². The van der Waals surface area contributed by atoms with Crippen LogP contribution in [0.3, 0.4) is 0 Å². The number of rotatable bonds is 4. The molecule has 0 aromatic carbocycles. The average Bonchev–Trinajstić information content (AvgIpc) is 1.81. The molecule has 0 saturated heterocycles. The molecule has 0 unspecified atom stereocenters. The molecule has 0 bridgehead atoms. The van der Waals surface area contributed by atoms with Crippen molar-refractivity contribution in [3.05, 3.63) is 10.8 Å². The Bertz CT molecular complexity index is 51.5. The van der Waals surface area contributed by atoms with E-state index < -0.39 is 0 Å². The Morgan fingerprint density at radius 2 is 1.38 bits per heavy atom. The van der Waals surface area contributed by atoms with E-state index >= 15 is 0 Å². The summed E-state index contributed by atoms with van der Waals surface area (Å²) in [5.74, 6) is 2.36. The van der Waals surface area contributed by atoms with Gasteiger partial charge in [-0.25, -0.2) is 0 Å². The summed E-state index contributed by atoms with van der Waals surface area (Å²) in [6, 6.07) is 0. The van der Waals surface area contributed by atoms with Gasteiger partial charge < -0.3 is 0 Å². The molecule has 0 saturated carbocycles. The van der Waals surface area contributed by atoms with Crippen molar-refractivity contribution in [2.45, 2.75) is 13.8 Å². The van der Waals surface area contributed by atoms with E-state index in [-0.39, 0.29) is 0 Å². The van der Waals surface area contributed by atoms with Crippen LogP contribution in [0.4, 0.5) is 0 Å². The van der Waals surface area contributed by atoms with Gasteiger partial charge in [0, 0.05) is 0 Å². The van der Waals surface area contributed by atoms with E-state index in [0.29, 0.717) is 0 Å². The zero-order valence-electron chi connectivity index (χ0n) is 5.39. The smallest absolute Gasteiger partial charge is 0.00543 e. The van der Waals surface area contributed by atoms with E-state index in [1.165, 1.54) is 11.5 Å². The topological polar surface area (TPSA) is 0 Å². The van der Waals surface area contributed by atoms with E-state index in [4.69, 9.17) is 0 Å². The predicted molar refractivity (Wildman–Crippen MR) is 45.4 cm³/mol. The summed E-state index contributed by atoms with van der Waals surface area (Å²) < 4.78 is 0. The van der Waals surface area contributed by atoms with Crippen LogP contribution in [-0.4, -0.2) is 11.5 Å². The third kappa shape index (κ3) is 6.44. The second-order valence-electron chi connectivity index (χ2n) is 1.18.